The minimum Gasteiger partial charge on any atom is -0.394 e. The molecular formula is C30H51NO7P+. The zero-order chi connectivity index (χ0) is 29.4. The van der Waals surface area contributed by atoms with E-state index in [1.54, 1.807) is 18.2 Å². The number of rotatable bonds is 23. The van der Waals surface area contributed by atoms with Crippen molar-refractivity contribution in [3.8, 4) is 0 Å². The van der Waals surface area contributed by atoms with Gasteiger partial charge in [-0.25, -0.2) is 4.57 Å². The molecule has 0 aliphatic carbocycles. The summed E-state index contributed by atoms with van der Waals surface area (Å²) in [7, 11) is 1.03. The molecule has 0 bridgehead atoms. The summed E-state index contributed by atoms with van der Waals surface area (Å²) in [5.41, 5.74) is 0. The van der Waals surface area contributed by atoms with E-state index in [1.807, 2.05) is 51.5 Å². The minimum absolute atomic E-state index is 0.0848. The third-order valence-corrected chi connectivity index (χ3v) is 6.45. The smallest absolute Gasteiger partial charge is 0.394 e. The van der Waals surface area contributed by atoms with E-state index in [4.69, 9.17) is 9.05 Å². The van der Waals surface area contributed by atoms with Gasteiger partial charge in [0.2, 0.25) is 0 Å². The Morgan fingerprint density at radius 2 is 1.36 bits per heavy atom. The van der Waals surface area contributed by atoms with Crippen LogP contribution in [-0.4, -0.2) is 78.5 Å². The Balaban J connectivity index is 4.44. The number of hydrogen-bond donors (Lipinski definition) is 3. The molecular weight excluding hydrogens is 517 g/mol. The maximum atomic E-state index is 12.4. The van der Waals surface area contributed by atoms with Crippen LogP contribution >= 0.6 is 7.82 Å². The van der Waals surface area contributed by atoms with E-state index in [1.165, 1.54) is 51.0 Å². The molecule has 3 N–H and O–H groups in total. The number of ketones is 1. The Hall–Kier alpha value is -1.90. The molecule has 222 valence electrons. The summed E-state index contributed by atoms with van der Waals surface area (Å²) >= 11 is 0. The zero-order valence-electron chi connectivity index (χ0n) is 24.2. The number of unbranched alkanes of at least 4 members (excludes halogenated alkanes) is 7. The maximum absolute atomic E-state index is 12.4. The number of allylic oxidation sites excluding steroid dienone is 11. The van der Waals surface area contributed by atoms with Crippen LogP contribution in [0.4, 0.5) is 0 Å². The molecule has 3 atom stereocenters. The fraction of sp³-hybridized carbons (Fsp3) is 0.567. The second-order valence-electron chi connectivity index (χ2n) is 10.2. The lowest BCUT2D eigenvalue weighted by Crippen LogP contribution is -2.39. The fourth-order valence-electron chi connectivity index (χ4n) is 3.16. The van der Waals surface area contributed by atoms with Crippen LogP contribution < -0.4 is 0 Å². The Morgan fingerprint density at radius 1 is 0.846 bits per heavy atom. The van der Waals surface area contributed by atoms with Crippen molar-refractivity contribution < 1.29 is 38.0 Å². The Morgan fingerprint density at radius 3 is 1.90 bits per heavy atom. The quantitative estimate of drug-likeness (QED) is 0.0484. The molecule has 0 aromatic rings. The van der Waals surface area contributed by atoms with Gasteiger partial charge in [-0.15, -0.1) is 0 Å². The maximum Gasteiger partial charge on any atom is 0.473 e. The molecule has 8 nitrogen and oxygen atoms in total. The number of carbonyl (C=O) groups excluding carboxylic acids is 1. The van der Waals surface area contributed by atoms with E-state index in [-0.39, 0.29) is 6.61 Å². The summed E-state index contributed by atoms with van der Waals surface area (Å²) in [5, 5.41) is 19.1. The van der Waals surface area contributed by atoms with Crippen molar-refractivity contribution in [2.45, 2.75) is 70.5 Å². The largest absolute Gasteiger partial charge is 0.473 e. The lowest BCUT2D eigenvalue weighted by Gasteiger charge is -2.25. The van der Waals surface area contributed by atoms with Gasteiger partial charge in [-0.3, -0.25) is 13.8 Å². The van der Waals surface area contributed by atoms with E-state index < -0.39 is 32.4 Å². The zero-order valence-corrected chi connectivity index (χ0v) is 25.1. The number of aliphatic hydroxyl groups excluding tert-OH is 2. The van der Waals surface area contributed by atoms with E-state index >= 15 is 0 Å². The van der Waals surface area contributed by atoms with Crippen LogP contribution in [-0.2, 0) is 18.4 Å². The average molecular weight is 569 g/mol. The highest BCUT2D eigenvalue weighted by molar-refractivity contribution is 7.47. The Bertz CT molecular complexity index is 869. The molecule has 39 heavy (non-hydrogen) atoms. The number of quaternary nitrogens is 1. The summed E-state index contributed by atoms with van der Waals surface area (Å²) in [6.45, 7) is 1.76. The third-order valence-electron chi connectivity index (χ3n) is 5.45. The number of phosphoric ester groups is 1. The highest BCUT2D eigenvalue weighted by atomic mass is 31.2. The first kappa shape index (κ1) is 37.1. The van der Waals surface area contributed by atoms with Crippen LogP contribution in [0.1, 0.15) is 58.3 Å². The number of likely N-dealkylation sites (N-methyl/N-ethyl adjacent to an activating group) is 1. The topological polar surface area (TPSA) is 113 Å². The van der Waals surface area contributed by atoms with E-state index in [9.17, 15) is 24.5 Å². The number of aliphatic hydroxyl groups is 2. The van der Waals surface area contributed by atoms with Crippen molar-refractivity contribution in [1.82, 2.24) is 0 Å². The van der Waals surface area contributed by atoms with Gasteiger partial charge >= 0.3 is 7.82 Å². The monoisotopic (exact) mass is 568 g/mol. The molecule has 0 rings (SSSR count). The molecule has 2 unspecified atom stereocenters. The van der Waals surface area contributed by atoms with E-state index in [2.05, 4.69) is 19.1 Å². The van der Waals surface area contributed by atoms with Crippen LogP contribution in [0.25, 0.3) is 0 Å². The second-order valence-corrected chi connectivity index (χ2v) is 11.6. The van der Waals surface area contributed by atoms with E-state index in [0.29, 0.717) is 11.0 Å². The van der Waals surface area contributed by atoms with Crippen LogP contribution in [0.3, 0.4) is 0 Å². The van der Waals surface area contributed by atoms with Crippen molar-refractivity contribution in [1.29, 1.82) is 0 Å². The number of carbonyl (C=O) groups is 1. The summed E-state index contributed by atoms with van der Waals surface area (Å²) < 4.78 is 22.4. The normalized spacial score (nSPS) is 16.5. The van der Waals surface area contributed by atoms with Crippen molar-refractivity contribution in [2.75, 3.05) is 40.9 Å². The van der Waals surface area contributed by atoms with Crippen LogP contribution in [0, 0.1) is 0 Å². The minimum atomic E-state index is -4.62. The molecule has 0 aromatic carbocycles. The Kier molecular flexibility index (Phi) is 21.8. The van der Waals surface area contributed by atoms with Gasteiger partial charge in [0.1, 0.15) is 19.3 Å². The summed E-state index contributed by atoms with van der Waals surface area (Å²) in [4.78, 5) is 22.3. The average Bonchev–Trinajstić information content (AvgIpc) is 2.87. The van der Waals surface area contributed by atoms with Gasteiger partial charge in [0, 0.05) is 0 Å². The molecule has 0 aliphatic heterocycles. The predicted octanol–water partition coefficient (Wildman–Crippen LogP) is 5.60. The summed E-state index contributed by atoms with van der Waals surface area (Å²) in [6.07, 6.45) is 28.3. The van der Waals surface area contributed by atoms with Gasteiger partial charge < -0.3 is 19.6 Å². The molecule has 0 saturated carbocycles. The van der Waals surface area contributed by atoms with Gasteiger partial charge in [-0.2, -0.15) is 0 Å². The van der Waals surface area contributed by atoms with Gasteiger partial charge in [0.15, 0.2) is 11.9 Å². The number of phosphoric acid groups is 1. The fourth-order valence-corrected chi connectivity index (χ4v) is 4.07. The molecule has 0 fully saturated rings. The van der Waals surface area contributed by atoms with Crippen molar-refractivity contribution >= 4 is 13.6 Å². The summed E-state index contributed by atoms with van der Waals surface area (Å²) in [5.74, 6) is -0.778. The molecule has 0 amide bonds. The van der Waals surface area contributed by atoms with E-state index in [0.717, 1.165) is 12.5 Å². The van der Waals surface area contributed by atoms with Crippen LogP contribution in [0.15, 0.2) is 72.9 Å². The van der Waals surface area contributed by atoms with Crippen molar-refractivity contribution in [3.63, 3.8) is 0 Å². The Labute approximate surface area is 235 Å². The molecule has 0 aliphatic rings. The van der Waals surface area contributed by atoms with Crippen molar-refractivity contribution in [2.24, 2.45) is 0 Å². The van der Waals surface area contributed by atoms with Gasteiger partial charge in [-0.05, 0) is 18.9 Å². The first-order valence-corrected chi connectivity index (χ1v) is 15.3. The van der Waals surface area contributed by atoms with Gasteiger partial charge in [-0.1, -0.05) is 112 Å². The van der Waals surface area contributed by atoms with Gasteiger partial charge in [0.05, 0.1) is 27.7 Å². The number of nitrogens with zero attached hydrogens (tertiary/aromatic N) is 1. The second kappa shape index (κ2) is 22.9. The SMILES string of the molecule is CCCCCCCCC/C=C/C=C/C=C/C=C/C=C/C=C/C(=O)C(OP(=O)(O)OCC[N+](C)(C)C)[C@@H](O)CO. The highest BCUT2D eigenvalue weighted by Gasteiger charge is 2.35. The molecule has 0 saturated heterocycles. The lowest BCUT2D eigenvalue weighted by atomic mass is 10.1. The predicted molar refractivity (Wildman–Crippen MR) is 159 cm³/mol. The molecule has 9 heteroatoms. The molecule has 0 aromatic heterocycles. The number of hydrogen-bond acceptors (Lipinski definition) is 6. The van der Waals surface area contributed by atoms with Crippen LogP contribution in [0.2, 0.25) is 0 Å². The van der Waals surface area contributed by atoms with Crippen molar-refractivity contribution in [3.05, 3.63) is 72.9 Å². The highest BCUT2D eigenvalue weighted by Crippen LogP contribution is 2.45. The standard InChI is InChI=1S/C30H50NO7P/c1-5-6-7-8-9-10-11-12-13-14-15-16-17-18-19-20-21-22-23-24-28(33)30(29(34)27-32)38-39(35,36)37-26-25-31(2,3)4/h13-24,29-30,32,34H,5-12,25-27H2,1-4H3/p+1/b14-13+,16-15+,18-17+,20-19+,22-21+,24-23+/t29-,30?/m0/s1. The first-order valence-electron chi connectivity index (χ1n) is 13.8. The van der Waals surface area contributed by atoms with Gasteiger partial charge in [0.25, 0.3) is 0 Å². The molecule has 0 heterocycles. The molecule has 0 radical (unpaired) electrons. The third kappa shape index (κ3) is 23.7. The van der Waals surface area contributed by atoms with Crippen LogP contribution in [0.5, 0.6) is 0 Å². The lowest BCUT2D eigenvalue weighted by molar-refractivity contribution is -0.870. The summed E-state index contributed by atoms with van der Waals surface area (Å²) in [6, 6.07) is 0. The first-order chi connectivity index (χ1) is 18.5. The molecule has 0 spiro atoms.